The van der Waals surface area contributed by atoms with E-state index in [0.29, 0.717) is 34.8 Å². The molecule has 0 aliphatic heterocycles. The average molecular weight is 417 g/mol. The van der Waals surface area contributed by atoms with Gasteiger partial charge < -0.3 is 5.32 Å². The van der Waals surface area contributed by atoms with E-state index in [1.54, 1.807) is 35.6 Å². The topological polar surface area (TPSA) is 88.0 Å². The number of H-pyrrole nitrogens is 1. The van der Waals surface area contributed by atoms with Gasteiger partial charge >= 0.3 is 0 Å². The summed E-state index contributed by atoms with van der Waals surface area (Å²) in [4.78, 5) is 16.6. The lowest BCUT2D eigenvalue weighted by atomic mass is 10.00. The van der Waals surface area contributed by atoms with E-state index in [4.69, 9.17) is 0 Å². The summed E-state index contributed by atoms with van der Waals surface area (Å²) in [6, 6.07) is 3.67. The Morgan fingerprint density at radius 3 is 2.62 bits per heavy atom. The van der Waals surface area contributed by atoms with Gasteiger partial charge in [-0.1, -0.05) is 13.8 Å². The SMILES string of the molecule is CC.CS/C(C)=C(\c1ccc2nc(NC(C)=O)cn2n1)c1cn[nH]c1/C(C)=C/F. The zero-order valence-corrected chi connectivity index (χ0v) is 18.2. The van der Waals surface area contributed by atoms with Gasteiger partial charge in [-0.2, -0.15) is 10.2 Å². The third-order valence-electron chi connectivity index (χ3n) is 4.01. The maximum absolute atomic E-state index is 13.1. The molecule has 1 amide bonds. The smallest absolute Gasteiger partial charge is 0.222 e. The third kappa shape index (κ3) is 4.92. The number of anilines is 1. The lowest BCUT2D eigenvalue weighted by molar-refractivity contribution is -0.114. The number of allylic oxidation sites excluding steroid dienone is 2. The maximum Gasteiger partial charge on any atom is 0.222 e. The average Bonchev–Trinajstić information content (AvgIpc) is 3.34. The van der Waals surface area contributed by atoms with Gasteiger partial charge in [0.1, 0.15) is 0 Å². The molecule has 0 spiro atoms. The maximum atomic E-state index is 13.1. The molecule has 0 saturated heterocycles. The van der Waals surface area contributed by atoms with Crippen LogP contribution in [0.3, 0.4) is 0 Å². The predicted molar refractivity (Wildman–Crippen MR) is 117 cm³/mol. The van der Waals surface area contributed by atoms with E-state index in [1.807, 2.05) is 39.2 Å². The van der Waals surface area contributed by atoms with Crippen molar-refractivity contribution in [2.45, 2.75) is 34.6 Å². The van der Waals surface area contributed by atoms with Gasteiger partial charge in [-0.05, 0) is 37.1 Å². The summed E-state index contributed by atoms with van der Waals surface area (Å²) < 4.78 is 14.7. The second kappa shape index (κ2) is 10.0. The number of carbonyl (C=O) groups is 1. The second-order valence-electron chi connectivity index (χ2n) is 5.91. The van der Waals surface area contributed by atoms with E-state index in [9.17, 15) is 9.18 Å². The molecule has 9 heteroatoms. The number of halogens is 1. The van der Waals surface area contributed by atoms with Gasteiger partial charge in [0.25, 0.3) is 0 Å². The van der Waals surface area contributed by atoms with E-state index < -0.39 is 0 Å². The number of amides is 1. The Morgan fingerprint density at radius 1 is 1.28 bits per heavy atom. The molecule has 0 radical (unpaired) electrons. The second-order valence-corrected chi connectivity index (χ2v) is 6.94. The van der Waals surface area contributed by atoms with Crippen LogP contribution in [0.5, 0.6) is 0 Å². The number of fused-ring (bicyclic) bond motifs is 1. The van der Waals surface area contributed by atoms with Crippen molar-refractivity contribution in [3.63, 3.8) is 0 Å². The van der Waals surface area contributed by atoms with Crippen LogP contribution < -0.4 is 5.32 Å². The highest BCUT2D eigenvalue weighted by Crippen LogP contribution is 2.34. The summed E-state index contributed by atoms with van der Waals surface area (Å²) in [6.45, 7) is 9.08. The number of thioether (sulfide) groups is 1. The van der Waals surface area contributed by atoms with Gasteiger partial charge in [0.2, 0.25) is 5.91 Å². The number of aromatic amines is 1. The Balaban J connectivity index is 0.00000145. The molecule has 154 valence electrons. The standard InChI is InChI=1S/C18H19FN6OS.C2H6/c1-10(7-19)18-13(8-20-23-18)17(11(2)27-4)14-5-6-16-22-15(21-12(3)26)9-25(16)24-14;1-2/h5-9H,1-4H3,(H,20,23)(H,21,26);1-2H3/b10-7+,17-11-;. The molecule has 29 heavy (non-hydrogen) atoms. The summed E-state index contributed by atoms with van der Waals surface area (Å²) in [6.07, 6.45) is 5.84. The molecular formula is C20H25FN6OS. The largest absolute Gasteiger partial charge is 0.310 e. The molecule has 0 atom stereocenters. The first-order valence-electron chi connectivity index (χ1n) is 9.15. The Hall–Kier alpha value is -2.94. The first kappa shape index (κ1) is 22.4. The molecule has 3 heterocycles. The van der Waals surface area contributed by atoms with Crippen LogP contribution >= 0.6 is 11.8 Å². The lowest BCUT2D eigenvalue weighted by Crippen LogP contribution is -2.05. The van der Waals surface area contributed by atoms with Crippen molar-refractivity contribution in [2.24, 2.45) is 0 Å². The fraction of sp³-hybridized carbons (Fsp3) is 0.300. The number of rotatable bonds is 5. The van der Waals surface area contributed by atoms with Crippen molar-refractivity contribution in [3.8, 4) is 0 Å². The number of aromatic nitrogens is 5. The Bertz CT molecular complexity index is 1070. The molecule has 3 aromatic heterocycles. The molecule has 0 aliphatic carbocycles. The monoisotopic (exact) mass is 416 g/mol. The normalized spacial score (nSPS) is 12.3. The summed E-state index contributed by atoms with van der Waals surface area (Å²) >= 11 is 1.58. The van der Waals surface area contributed by atoms with E-state index in [2.05, 4.69) is 25.6 Å². The summed E-state index contributed by atoms with van der Waals surface area (Å²) in [5, 5.41) is 14.2. The molecule has 3 rings (SSSR count). The van der Waals surface area contributed by atoms with Gasteiger partial charge in [0, 0.05) is 23.6 Å². The van der Waals surface area contributed by atoms with Crippen LogP contribution in [0.15, 0.2) is 35.8 Å². The minimum atomic E-state index is -0.200. The fourth-order valence-corrected chi connectivity index (χ4v) is 3.12. The number of nitrogens with one attached hydrogen (secondary N) is 2. The fourth-order valence-electron chi connectivity index (χ4n) is 2.70. The number of hydrogen-bond acceptors (Lipinski definition) is 5. The number of imidazole rings is 1. The van der Waals surface area contributed by atoms with Crippen molar-refractivity contribution in [1.29, 1.82) is 0 Å². The zero-order chi connectivity index (χ0) is 21.6. The molecule has 0 fully saturated rings. The summed E-state index contributed by atoms with van der Waals surface area (Å²) in [5.74, 6) is 0.230. The quantitative estimate of drug-likeness (QED) is 0.617. The number of hydrogen-bond donors (Lipinski definition) is 2. The molecule has 7 nitrogen and oxygen atoms in total. The summed E-state index contributed by atoms with van der Waals surface area (Å²) in [5.41, 5.74) is 3.97. The van der Waals surface area contributed by atoms with E-state index in [0.717, 1.165) is 16.0 Å². The van der Waals surface area contributed by atoms with Crippen molar-refractivity contribution in [3.05, 3.63) is 52.7 Å². The van der Waals surface area contributed by atoms with E-state index in [1.165, 1.54) is 6.92 Å². The van der Waals surface area contributed by atoms with Gasteiger partial charge in [0.15, 0.2) is 11.5 Å². The molecule has 0 aliphatic rings. The van der Waals surface area contributed by atoms with Crippen LogP contribution in [-0.4, -0.2) is 37.0 Å². The predicted octanol–water partition coefficient (Wildman–Crippen LogP) is 4.91. The van der Waals surface area contributed by atoms with Crippen molar-refractivity contribution in [2.75, 3.05) is 11.6 Å². The van der Waals surface area contributed by atoms with E-state index >= 15 is 0 Å². The van der Waals surface area contributed by atoms with Crippen LogP contribution in [-0.2, 0) is 4.79 Å². The van der Waals surface area contributed by atoms with Crippen LogP contribution in [0.25, 0.3) is 16.8 Å². The van der Waals surface area contributed by atoms with Crippen LogP contribution in [0.4, 0.5) is 10.2 Å². The highest BCUT2D eigenvalue weighted by atomic mass is 32.2. The number of carbonyl (C=O) groups excluding carboxylic acids is 1. The van der Waals surface area contributed by atoms with Crippen LogP contribution in [0.1, 0.15) is 51.6 Å². The minimum Gasteiger partial charge on any atom is -0.310 e. The van der Waals surface area contributed by atoms with Gasteiger partial charge in [0.05, 0.1) is 30.1 Å². The van der Waals surface area contributed by atoms with Crippen LogP contribution in [0.2, 0.25) is 0 Å². The highest BCUT2D eigenvalue weighted by molar-refractivity contribution is 8.02. The van der Waals surface area contributed by atoms with Crippen molar-refractivity contribution in [1.82, 2.24) is 24.8 Å². The molecule has 0 unspecified atom stereocenters. The van der Waals surface area contributed by atoms with Crippen LogP contribution in [0, 0.1) is 0 Å². The summed E-state index contributed by atoms with van der Waals surface area (Å²) in [7, 11) is 0. The molecule has 0 bridgehead atoms. The molecule has 3 aromatic rings. The molecule has 0 saturated carbocycles. The van der Waals surface area contributed by atoms with E-state index in [-0.39, 0.29) is 5.91 Å². The Kier molecular flexibility index (Phi) is 7.72. The minimum absolute atomic E-state index is 0.200. The van der Waals surface area contributed by atoms with Gasteiger partial charge in [-0.15, -0.1) is 11.8 Å². The lowest BCUT2D eigenvalue weighted by Gasteiger charge is -2.11. The Labute approximate surface area is 173 Å². The third-order valence-corrected chi connectivity index (χ3v) is 4.82. The van der Waals surface area contributed by atoms with Crippen molar-refractivity contribution < 1.29 is 9.18 Å². The molecular weight excluding hydrogens is 391 g/mol. The highest BCUT2D eigenvalue weighted by Gasteiger charge is 2.18. The molecule has 0 aromatic carbocycles. The van der Waals surface area contributed by atoms with Crippen molar-refractivity contribution >= 4 is 40.3 Å². The molecule has 2 N–H and O–H groups in total. The Morgan fingerprint density at radius 2 is 2.00 bits per heavy atom. The van der Waals surface area contributed by atoms with Gasteiger partial charge in [-0.25, -0.2) is 13.9 Å². The zero-order valence-electron chi connectivity index (χ0n) is 17.4. The number of nitrogens with zero attached hydrogens (tertiary/aromatic N) is 4. The first-order valence-corrected chi connectivity index (χ1v) is 10.4. The van der Waals surface area contributed by atoms with Gasteiger partial charge in [-0.3, -0.25) is 9.89 Å². The first-order chi connectivity index (χ1) is 13.9.